The van der Waals surface area contributed by atoms with Crippen LogP contribution in [0.4, 0.5) is 5.69 Å². The molecule has 3 N–H and O–H groups in total. The molecule has 2 fully saturated rings. The first-order chi connectivity index (χ1) is 18.8. The Morgan fingerprint density at radius 1 is 1.00 bits per heavy atom. The Morgan fingerprint density at radius 2 is 1.74 bits per heavy atom. The van der Waals surface area contributed by atoms with Crippen LogP contribution in [0.1, 0.15) is 22.3 Å². The van der Waals surface area contributed by atoms with Gasteiger partial charge in [-0.2, -0.15) is 0 Å². The van der Waals surface area contributed by atoms with Crippen molar-refractivity contribution in [1.82, 2.24) is 10.2 Å². The Balaban J connectivity index is 1.31. The number of aromatic hydroxyl groups is 1. The van der Waals surface area contributed by atoms with Gasteiger partial charge in [-0.05, 0) is 60.4 Å². The number of nitrogens with zero attached hydrogens (tertiary/aromatic N) is 1. The maximum Gasteiger partial charge on any atom is 0.250 e. The van der Waals surface area contributed by atoms with E-state index in [0.29, 0.717) is 39.8 Å². The molecule has 2 saturated heterocycles. The summed E-state index contributed by atoms with van der Waals surface area (Å²) in [7, 11) is 0. The van der Waals surface area contributed by atoms with Gasteiger partial charge in [0.25, 0.3) is 0 Å². The van der Waals surface area contributed by atoms with E-state index in [1.165, 1.54) is 4.90 Å². The summed E-state index contributed by atoms with van der Waals surface area (Å²) >= 11 is 6.52. The fourth-order valence-electron chi connectivity index (χ4n) is 6.49. The molecule has 0 radical (unpaired) electrons. The number of phenolic OH excluding ortho intramolecular Hbond substituents is 1. The number of amides is 3. The summed E-state index contributed by atoms with van der Waals surface area (Å²) in [6.07, 6.45) is 0.377. The van der Waals surface area contributed by atoms with Crippen molar-refractivity contribution in [3.63, 3.8) is 0 Å². The molecular weight excluding hydrogens is 522 g/mol. The number of halogens is 1. The predicted octanol–water partition coefficient (Wildman–Crippen LogP) is 3.25. The Bertz CT molecular complexity index is 1570. The van der Waals surface area contributed by atoms with Crippen LogP contribution in [-0.2, 0) is 32.9 Å². The predicted molar refractivity (Wildman–Crippen MR) is 140 cm³/mol. The molecule has 1 spiro atoms. The van der Waals surface area contributed by atoms with Gasteiger partial charge in [-0.3, -0.25) is 24.6 Å². The van der Waals surface area contributed by atoms with E-state index in [4.69, 9.17) is 21.1 Å². The first-order valence-electron chi connectivity index (χ1n) is 12.7. The summed E-state index contributed by atoms with van der Waals surface area (Å²) in [6.45, 7) is 2.04. The third-order valence-electron chi connectivity index (χ3n) is 8.18. The van der Waals surface area contributed by atoms with Gasteiger partial charge in [-0.1, -0.05) is 35.9 Å². The number of carbonyl (C=O) groups is 3. The quantitative estimate of drug-likeness (QED) is 0.431. The lowest BCUT2D eigenvalue weighted by Crippen LogP contribution is -2.53. The van der Waals surface area contributed by atoms with Crippen molar-refractivity contribution in [2.75, 3.05) is 12.1 Å². The molecule has 7 rings (SSSR count). The molecule has 198 valence electrons. The van der Waals surface area contributed by atoms with E-state index in [0.717, 1.165) is 11.1 Å². The molecule has 4 aliphatic rings. The number of aryl methyl sites for hydroxylation is 1. The first-order valence-corrected chi connectivity index (χ1v) is 13.1. The number of hydrogen-bond donors (Lipinski definition) is 3. The molecule has 3 aromatic rings. The zero-order chi connectivity index (χ0) is 27.1. The molecule has 3 amide bonds. The van der Waals surface area contributed by atoms with E-state index in [9.17, 15) is 19.5 Å². The highest BCUT2D eigenvalue weighted by atomic mass is 35.5. The zero-order valence-electron chi connectivity index (χ0n) is 20.9. The number of hydrogen-bond acceptors (Lipinski definition) is 7. The number of ether oxygens (including phenoxy) is 2. The van der Waals surface area contributed by atoms with E-state index in [-0.39, 0.29) is 25.0 Å². The van der Waals surface area contributed by atoms with Crippen LogP contribution in [0.3, 0.4) is 0 Å². The molecule has 10 heteroatoms. The monoisotopic (exact) mass is 545 g/mol. The number of fused-ring (bicyclic) bond motifs is 5. The number of nitrogens with one attached hydrogen (secondary N) is 2. The summed E-state index contributed by atoms with van der Waals surface area (Å²) in [5.41, 5.74) is 1.99. The van der Waals surface area contributed by atoms with E-state index < -0.39 is 35.2 Å². The largest absolute Gasteiger partial charge is 0.508 e. The van der Waals surface area contributed by atoms with Gasteiger partial charge in [0.1, 0.15) is 11.3 Å². The molecule has 9 nitrogen and oxygen atoms in total. The molecule has 3 aromatic carbocycles. The van der Waals surface area contributed by atoms with Gasteiger partial charge >= 0.3 is 0 Å². The smallest absolute Gasteiger partial charge is 0.250 e. The second kappa shape index (κ2) is 8.46. The highest BCUT2D eigenvalue weighted by Crippen LogP contribution is 2.55. The minimum atomic E-state index is -1.45. The standard InChI is InChI=1S/C29H24ClN3O6/c1-14-8-18-25(19(30)9-14)31-28(37)29(18)24-23(20(32-29)10-15-2-5-17(34)6-3-15)26(35)33(27(24)36)12-16-4-7-21-22(11-16)39-13-38-21/h2-9,11,20,23-24,32,34H,10,12-13H2,1H3,(H,31,37). The van der Waals surface area contributed by atoms with Crippen LogP contribution in [0.5, 0.6) is 17.2 Å². The van der Waals surface area contributed by atoms with E-state index in [2.05, 4.69) is 10.6 Å². The summed E-state index contributed by atoms with van der Waals surface area (Å²) in [5.74, 6) is -1.60. The van der Waals surface area contributed by atoms with Gasteiger partial charge in [-0.15, -0.1) is 0 Å². The Hall–Kier alpha value is -4.08. The van der Waals surface area contributed by atoms with Crippen molar-refractivity contribution in [3.8, 4) is 17.2 Å². The van der Waals surface area contributed by atoms with Crippen molar-refractivity contribution < 1.29 is 29.0 Å². The fraction of sp³-hybridized carbons (Fsp3) is 0.276. The molecule has 0 aliphatic carbocycles. The zero-order valence-corrected chi connectivity index (χ0v) is 21.6. The Morgan fingerprint density at radius 3 is 2.54 bits per heavy atom. The average molecular weight is 546 g/mol. The second-order valence-corrected chi connectivity index (χ2v) is 10.9. The lowest BCUT2D eigenvalue weighted by Gasteiger charge is -2.30. The molecule has 0 aromatic heterocycles. The van der Waals surface area contributed by atoms with Gasteiger partial charge in [0, 0.05) is 11.6 Å². The number of rotatable bonds is 4. The number of carbonyl (C=O) groups excluding carboxylic acids is 3. The number of anilines is 1. The van der Waals surface area contributed by atoms with Crippen LogP contribution < -0.4 is 20.1 Å². The summed E-state index contributed by atoms with van der Waals surface area (Å²) < 4.78 is 10.9. The van der Waals surface area contributed by atoms with Gasteiger partial charge in [0.05, 0.1) is 29.1 Å². The number of phenols is 1. The second-order valence-electron chi connectivity index (χ2n) is 10.5. The van der Waals surface area contributed by atoms with E-state index >= 15 is 0 Å². The van der Waals surface area contributed by atoms with Gasteiger partial charge in [0.15, 0.2) is 11.5 Å². The SMILES string of the molecule is Cc1cc(Cl)c2c(c1)C1(NC(Cc3ccc(O)cc3)C3C(=O)N(Cc4ccc5c(c4)OCO5)C(=O)C31)C(=O)N2. The minimum absolute atomic E-state index is 0.0480. The van der Waals surface area contributed by atoms with Crippen LogP contribution in [0.2, 0.25) is 5.02 Å². The maximum atomic E-state index is 14.1. The lowest BCUT2D eigenvalue weighted by atomic mass is 9.76. The van der Waals surface area contributed by atoms with E-state index in [1.807, 2.05) is 13.0 Å². The van der Waals surface area contributed by atoms with Crippen LogP contribution in [0.15, 0.2) is 54.6 Å². The third kappa shape index (κ3) is 3.46. The van der Waals surface area contributed by atoms with Crippen LogP contribution >= 0.6 is 11.6 Å². The number of likely N-dealkylation sites (tertiary alicyclic amines) is 1. The van der Waals surface area contributed by atoms with Gasteiger partial charge in [-0.25, -0.2) is 0 Å². The van der Waals surface area contributed by atoms with E-state index in [1.54, 1.807) is 48.5 Å². The molecular formula is C29H24ClN3O6. The van der Waals surface area contributed by atoms with Crippen molar-refractivity contribution in [1.29, 1.82) is 0 Å². The van der Waals surface area contributed by atoms with Gasteiger partial charge < -0.3 is 19.9 Å². The van der Waals surface area contributed by atoms with Gasteiger partial charge in [0.2, 0.25) is 24.5 Å². The highest BCUT2D eigenvalue weighted by Gasteiger charge is 2.70. The Kier molecular flexibility index (Phi) is 5.20. The average Bonchev–Trinajstić information content (AvgIpc) is 3.63. The lowest BCUT2D eigenvalue weighted by molar-refractivity contribution is -0.143. The summed E-state index contributed by atoms with van der Waals surface area (Å²) in [4.78, 5) is 43.1. The van der Waals surface area contributed by atoms with Crippen LogP contribution in [0.25, 0.3) is 0 Å². The molecule has 4 atom stereocenters. The maximum absolute atomic E-state index is 14.1. The molecule has 4 aliphatic heterocycles. The fourth-order valence-corrected chi connectivity index (χ4v) is 6.81. The number of benzene rings is 3. The third-order valence-corrected chi connectivity index (χ3v) is 8.48. The molecule has 0 bridgehead atoms. The molecule has 0 saturated carbocycles. The van der Waals surface area contributed by atoms with Crippen molar-refractivity contribution in [3.05, 3.63) is 81.9 Å². The molecule has 39 heavy (non-hydrogen) atoms. The van der Waals surface area contributed by atoms with Crippen molar-refractivity contribution >= 4 is 35.0 Å². The summed E-state index contributed by atoms with van der Waals surface area (Å²) in [5, 5.41) is 16.4. The summed E-state index contributed by atoms with van der Waals surface area (Å²) in [6, 6.07) is 15.1. The normalized spacial score (nSPS) is 26.4. The molecule has 4 unspecified atom stereocenters. The minimum Gasteiger partial charge on any atom is -0.508 e. The number of imide groups is 1. The van der Waals surface area contributed by atoms with Crippen molar-refractivity contribution in [2.24, 2.45) is 11.8 Å². The van der Waals surface area contributed by atoms with Crippen LogP contribution in [0, 0.1) is 18.8 Å². The van der Waals surface area contributed by atoms with Crippen molar-refractivity contribution in [2.45, 2.75) is 31.5 Å². The first kappa shape index (κ1) is 24.0. The molecule has 4 heterocycles. The topological polar surface area (TPSA) is 117 Å². The highest BCUT2D eigenvalue weighted by molar-refractivity contribution is 6.35. The Labute approximate surface area is 228 Å². The van der Waals surface area contributed by atoms with Crippen LogP contribution in [-0.4, -0.2) is 40.6 Å².